The number of likely N-dealkylation sites (N-methyl/N-ethyl adjacent to an activating group) is 1. The Hall–Kier alpha value is -3.06. The van der Waals surface area contributed by atoms with Gasteiger partial charge in [0.1, 0.15) is 5.82 Å². The summed E-state index contributed by atoms with van der Waals surface area (Å²) >= 11 is 0. The van der Waals surface area contributed by atoms with Gasteiger partial charge in [-0.25, -0.2) is 9.67 Å². The summed E-state index contributed by atoms with van der Waals surface area (Å²) in [6, 6.07) is 14.2. The van der Waals surface area contributed by atoms with Gasteiger partial charge in [-0.1, -0.05) is 30.3 Å². The van der Waals surface area contributed by atoms with E-state index in [0.717, 1.165) is 36.6 Å². The van der Waals surface area contributed by atoms with Gasteiger partial charge < -0.3 is 4.90 Å². The molecule has 1 aliphatic rings. The predicted molar refractivity (Wildman–Crippen MR) is 110 cm³/mol. The third kappa shape index (κ3) is 5.06. The summed E-state index contributed by atoms with van der Waals surface area (Å²) in [5, 5.41) is 4.67. The van der Waals surface area contributed by atoms with Gasteiger partial charge in [0.25, 0.3) is 0 Å². The lowest BCUT2D eigenvalue weighted by Crippen LogP contribution is -2.40. The molecule has 0 N–H and O–H groups in total. The Kier molecular flexibility index (Phi) is 5.95. The normalized spacial score (nSPS) is 13.9. The van der Waals surface area contributed by atoms with Gasteiger partial charge in [0, 0.05) is 44.9 Å². The number of benzene rings is 1. The maximum absolute atomic E-state index is 12.8. The lowest BCUT2D eigenvalue weighted by atomic mass is 10.1. The average molecular weight is 390 g/mol. The van der Waals surface area contributed by atoms with Crippen LogP contribution in [0.15, 0.2) is 54.9 Å². The number of carbonyl (C=O) groups excluding carboxylic acids is 1. The van der Waals surface area contributed by atoms with E-state index in [-0.39, 0.29) is 5.91 Å². The van der Waals surface area contributed by atoms with Crippen molar-refractivity contribution in [3.05, 3.63) is 77.6 Å². The number of aromatic nitrogens is 4. The van der Waals surface area contributed by atoms with Crippen molar-refractivity contribution in [3.63, 3.8) is 0 Å². The predicted octanol–water partition coefficient (Wildman–Crippen LogP) is 1.78. The highest BCUT2D eigenvalue weighted by Gasteiger charge is 2.21. The third-order valence-corrected chi connectivity index (χ3v) is 5.14. The number of rotatable bonds is 6. The smallest absolute Gasteiger partial charge is 0.236 e. The van der Waals surface area contributed by atoms with Crippen molar-refractivity contribution in [2.45, 2.75) is 25.9 Å². The van der Waals surface area contributed by atoms with E-state index in [1.54, 1.807) is 12.4 Å². The van der Waals surface area contributed by atoms with Gasteiger partial charge in [-0.15, -0.1) is 0 Å². The zero-order valence-electron chi connectivity index (χ0n) is 16.7. The van der Waals surface area contributed by atoms with Gasteiger partial charge in [-0.2, -0.15) is 5.10 Å². The molecule has 0 saturated heterocycles. The summed E-state index contributed by atoms with van der Waals surface area (Å²) in [6.07, 6.45) is 5.03. The van der Waals surface area contributed by atoms with Crippen LogP contribution in [-0.2, 0) is 30.7 Å². The molecule has 3 heterocycles. The van der Waals surface area contributed by atoms with Crippen molar-refractivity contribution >= 4 is 5.91 Å². The van der Waals surface area contributed by atoms with Gasteiger partial charge in [0.15, 0.2) is 5.82 Å². The van der Waals surface area contributed by atoms with E-state index in [1.165, 1.54) is 5.56 Å². The van der Waals surface area contributed by atoms with Crippen molar-refractivity contribution in [1.82, 2.24) is 29.5 Å². The Morgan fingerprint density at radius 2 is 1.83 bits per heavy atom. The van der Waals surface area contributed by atoms with E-state index in [1.807, 2.05) is 51.9 Å². The Bertz CT molecular complexity index is 915. The molecule has 7 heteroatoms. The summed E-state index contributed by atoms with van der Waals surface area (Å²) in [7, 11) is 1.97. The van der Waals surface area contributed by atoms with Crippen LogP contribution in [0.1, 0.15) is 22.8 Å². The van der Waals surface area contributed by atoms with Crippen LogP contribution in [0.25, 0.3) is 0 Å². The zero-order valence-corrected chi connectivity index (χ0v) is 16.7. The maximum Gasteiger partial charge on any atom is 0.236 e. The first kappa shape index (κ1) is 19.3. The van der Waals surface area contributed by atoms with Crippen molar-refractivity contribution in [2.75, 3.05) is 26.7 Å². The highest BCUT2D eigenvalue weighted by Crippen LogP contribution is 2.11. The molecule has 1 aliphatic heterocycles. The highest BCUT2D eigenvalue weighted by atomic mass is 16.2. The molecular formula is C22H26N6O. The molecular weight excluding hydrogens is 364 g/mol. The molecule has 0 spiro atoms. The Labute approximate surface area is 171 Å². The molecule has 0 unspecified atom stereocenters. The summed E-state index contributed by atoms with van der Waals surface area (Å²) in [6.45, 7) is 3.18. The molecule has 1 aromatic carbocycles. The van der Waals surface area contributed by atoms with Gasteiger partial charge >= 0.3 is 0 Å². The standard InChI is InChI=1S/C22H26N6O/c1-26(16-19-7-10-23-11-8-19)17-22(29)27-12-9-21-24-20(25-28(21)14-13-27)15-18-5-3-2-4-6-18/h2-8,10-11H,9,12-17H2,1H3. The molecule has 0 bridgehead atoms. The van der Waals surface area contributed by atoms with Crippen LogP contribution in [0, 0.1) is 0 Å². The molecule has 4 rings (SSSR count). The second kappa shape index (κ2) is 8.96. The average Bonchev–Trinajstić information content (AvgIpc) is 2.99. The number of nitrogens with zero attached hydrogens (tertiary/aromatic N) is 6. The Morgan fingerprint density at radius 1 is 1.03 bits per heavy atom. The quantitative estimate of drug-likeness (QED) is 0.642. The monoisotopic (exact) mass is 390 g/mol. The molecule has 0 saturated carbocycles. The lowest BCUT2D eigenvalue weighted by Gasteiger charge is -2.23. The summed E-state index contributed by atoms with van der Waals surface area (Å²) in [5.74, 6) is 1.97. The minimum Gasteiger partial charge on any atom is -0.339 e. The van der Waals surface area contributed by atoms with Crippen LogP contribution in [0.2, 0.25) is 0 Å². The fraction of sp³-hybridized carbons (Fsp3) is 0.364. The van der Waals surface area contributed by atoms with E-state index in [9.17, 15) is 4.79 Å². The minimum absolute atomic E-state index is 0.150. The maximum atomic E-state index is 12.8. The molecule has 2 aromatic heterocycles. The molecule has 7 nitrogen and oxygen atoms in total. The van der Waals surface area contributed by atoms with Crippen molar-refractivity contribution in [2.24, 2.45) is 0 Å². The number of fused-ring (bicyclic) bond motifs is 1. The van der Waals surface area contributed by atoms with Crippen LogP contribution >= 0.6 is 0 Å². The SMILES string of the molecule is CN(CC(=O)N1CCc2nc(Cc3ccccc3)nn2CC1)Cc1ccncc1. The fourth-order valence-electron chi connectivity index (χ4n) is 3.64. The first-order valence-electron chi connectivity index (χ1n) is 9.99. The topological polar surface area (TPSA) is 67.2 Å². The molecule has 0 fully saturated rings. The van der Waals surface area contributed by atoms with Crippen LogP contribution < -0.4 is 0 Å². The second-order valence-electron chi connectivity index (χ2n) is 7.49. The summed E-state index contributed by atoms with van der Waals surface area (Å²) in [4.78, 5) is 25.5. The number of amides is 1. The largest absolute Gasteiger partial charge is 0.339 e. The molecule has 0 aliphatic carbocycles. The number of hydrogen-bond acceptors (Lipinski definition) is 5. The molecule has 150 valence electrons. The molecule has 0 atom stereocenters. The number of pyridine rings is 1. The van der Waals surface area contributed by atoms with Gasteiger partial charge in [0.2, 0.25) is 5.91 Å². The fourth-order valence-corrected chi connectivity index (χ4v) is 3.64. The van der Waals surface area contributed by atoms with E-state index >= 15 is 0 Å². The first-order chi connectivity index (χ1) is 14.2. The van der Waals surface area contributed by atoms with Crippen LogP contribution in [0.4, 0.5) is 0 Å². The van der Waals surface area contributed by atoms with Crippen molar-refractivity contribution in [1.29, 1.82) is 0 Å². The number of hydrogen-bond donors (Lipinski definition) is 0. The first-order valence-corrected chi connectivity index (χ1v) is 9.99. The molecule has 3 aromatic rings. The molecule has 29 heavy (non-hydrogen) atoms. The molecule has 0 radical (unpaired) electrons. The van der Waals surface area contributed by atoms with Crippen LogP contribution in [0.3, 0.4) is 0 Å². The van der Waals surface area contributed by atoms with E-state index in [4.69, 9.17) is 4.98 Å². The van der Waals surface area contributed by atoms with Gasteiger partial charge in [-0.05, 0) is 30.3 Å². The Balaban J connectivity index is 1.31. The highest BCUT2D eigenvalue weighted by molar-refractivity contribution is 5.78. The zero-order chi connectivity index (χ0) is 20.1. The minimum atomic E-state index is 0.150. The van der Waals surface area contributed by atoms with Crippen LogP contribution in [-0.4, -0.2) is 62.1 Å². The van der Waals surface area contributed by atoms with E-state index in [2.05, 4.69) is 22.2 Å². The van der Waals surface area contributed by atoms with E-state index in [0.29, 0.717) is 26.2 Å². The Morgan fingerprint density at radius 3 is 2.62 bits per heavy atom. The second-order valence-corrected chi connectivity index (χ2v) is 7.49. The van der Waals surface area contributed by atoms with Gasteiger partial charge in [0.05, 0.1) is 13.1 Å². The van der Waals surface area contributed by atoms with Crippen LogP contribution in [0.5, 0.6) is 0 Å². The van der Waals surface area contributed by atoms with Crippen molar-refractivity contribution in [3.8, 4) is 0 Å². The third-order valence-electron chi connectivity index (χ3n) is 5.14. The number of carbonyl (C=O) groups is 1. The summed E-state index contributed by atoms with van der Waals surface area (Å²) in [5.41, 5.74) is 2.36. The van der Waals surface area contributed by atoms with Gasteiger partial charge in [-0.3, -0.25) is 14.7 Å². The molecule has 1 amide bonds. The van der Waals surface area contributed by atoms with E-state index < -0.39 is 0 Å². The lowest BCUT2D eigenvalue weighted by molar-refractivity contribution is -0.132. The van der Waals surface area contributed by atoms with Crippen molar-refractivity contribution < 1.29 is 4.79 Å². The summed E-state index contributed by atoms with van der Waals surface area (Å²) < 4.78 is 1.96.